The number of hydrogen-bond donors (Lipinski definition) is 1. The number of nitrogens with zero attached hydrogens (tertiary/aromatic N) is 1. The molecule has 1 aromatic rings. The zero-order valence-corrected chi connectivity index (χ0v) is 11.9. The quantitative estimate of drug-likeness (QED) is 0.599. The van der Waals surface area contributed by atoms with Gasteiger partial charge in [0, 0.05) is 19.1 Å². The second-order valence-electron chi connectivity index (χ2n) is 5.06. The topological polar surface area (TPSA) is 54.7 Å². The Morgan fingerprint density at radius 2 is 2.32 bits per heavy atom. The molecule has 0 bridgehead atoms. The maximum atomic E-state index is 11.4. The molecule has 0 unspecified atom stereocenters. The predicted octanol–water partition coefficient (Wildman–Crippen LogP) is 1.56. The highest BCUT2D eigenvalue weighted by atomic mass is 16.5. The third-order valence-corrected chi connectivity index (χ3v) is 3.48. The summed E-state index contributed by atoms with van der Waals surface area (Å²) in [6, 6.07) is 2.54. The van der Waals surface area contributed by atoms with Crippen molar-refractivity contribution in [1.29, 1.82) is 0 Å². The zero-order chi connectivity index (χ0) is 13.8. The Kier molecular flexibility index (Phi) is 4.61. The number of aryl methyl sites for hydroxylation is 1. The Morgan fingerprint density at radius 3 is 2.95 bits per heavy atom. The first-order valence-corrected chi connectivity index (χ1v) is 6.70. The Balaban J connectivity index is 1.74. The van der Waals surface area contributed by atoms with E-state index in [0.29, 0.717) is 17.9 Å². The van der Waals surface area contributed by atoms with Crippen molar-refractivity contribution in [1.82, 2.24) is 10.2 Å². The van der Waals surface area contributed by atoms with Gasteiger partial charge in [-0.25, -0.2) is 4.79 Å². The predicted molar refractivity (Wildman–Crippen MR) is 72.1 cm³/mol. The molecule has 5 nitrogen and oxygen atoms in total. The summed E-state index contributed by atoms with van der Waals surface area (Å²) in [6.45, 7) is 4.36. The van der Waals surface area contributed by atoms with Crippen molar-refractivity contribution in [2.24, 2.45) is 0 Å². The number of esters is 1. The third kappa shape index (κ3) is 3.81. The normalized spacial score (nSPS) is 14.9. The summed E-state index contributed by atoms with van der Waals surface area (Å²) in [7, 11) is 3.53. The van der Waals surface area contributed by atoms with E-state index in [1.165, 1.54) is 20.0 Å². The van der Waals surface area contributed by atoms with Crippen LogP contribution in [-0.2, 0) is 11.3 Å². The zero-order valence-electron chi connectivity index (χ0n) is 11.9. The van der Waals surface area contributed by atoms with E-state index in [1.54, 1.807) is 13.0 Å². The van der Waals surface area contributed by atoms with Crippen molar-refractivity contribution in [3.8, 4) is 0 Å². The molecule has 0 atom stereocenters. The van der Waals surface area contributed by atoms with Gasteiger partial charge in [0.15, 0.2) is 0 Å². The molecule has 19 heavy (non-hydrogen) atoms. The highest BCUT2D eigenvalue weighted by Crippen LogP contribution is 2.24. The van der Waals surface area contributed by atoms with Gasteiger partial charge >= 0.3 is 5.97 Å². The van der Waals surface area contributed by atoms with Crippen molar-refractivity contribution in [2.45, 2.75) is 32.4 Å². The van der Waals surface area contributed by atoms with E-state index < -0.39 is 0 Å². The molecule has 106 valence electrons. The van der Waals surface area contributed by atoms with Gasteiger partial charge in [0.25, 0.3) is 0 Å². The highest BCUT2D eigenvalue weighted by Gasteiger charge is 2.25. The minimum Gasteiger partial charge on any atom is -0.465 e. The number of carbonyl (C=O) groups is 1. The van der Waals surface area contributed by atoms with Gasteiger partial charge < -0.3 is 19.4 Å². The Labute approximate surface area is 113 Å². The van der Waals surface area contributed by atoms with Crippen LogP contribution < -0.4 is 5.32 Å². The number of hydrogen-bond acceptors (Lipinski definition) is 5. The van der Waals surface area contributed by atoms with Gasteiger partial charge in [0.05, 0.1) is 13.7 Å². The van der Waals surface area contributed by atoms with Crippen molar-refractivity contribution in [3.63, 3.8) is 0 Å². The number of rotatable bonds is 7. The third-order valence-electron chi connectivity index (χ3n) is 3.48. The highest BCUT2D eigenvalue weighted by molar-refractivity contribution is 5.90. The Hall–Kier alpha value is -1.33. The maximum absolute atomic E-state index is 11.4. The molecular weight excluding hydrogens is 244 g/mol. The minimum absolute atomic E-state index is 0.346. The fraction of sp³-hybridized carbons (Fsp3) is 0.643. The van der Waals surface area contributed by atoms with E-state index in [1.807, 2.05) is 0 Å². The first-order valence-electron chi connectivity index (χ1n) is 6.70. The molecule has 0 aliphatic heterocycles. The summed E-state index contributed by atoms with van der Waals surface area (Å²) < 4.78 is 10.2. The van der Waals surface area contributed by atoms with E-state index in [-0.39, 0.29) is 5.97 Å². The van der Waals surface area contributed by atoms with Gasteiger partial charge in [-0.05, 0) is 32.9 Å². The second kappa shape index (κ2) is 6.21. The molecule has 1 aliphatic rings. The average Bonchev–Trinajstić information content (AvgIpc) is 3.18. The number of nitrogens with one attached hydrogen (secondary N) is 1. The molecular formula is C14H22N2O3. The lowest BCUT2D eigenvalue weighted by Gasteiger charge is -2.15. The Morgan fingerprint density at radius 1 is 1.58 bits per heavy atom. The van der Waals surface area contributed by atoms with Crippen molar-refractivity contribution >= 4 is 5.97 Å². The fourth-order valence-electron chi connectivity index (χ4n) is 2.11. The van der Waals surface area contributed by atoms with E-state index in [0.717, 1.165) is 24.9 Å². The molecule has 0 aromatic carbocycles. The minimum atomic E-state index is -0.346. The lowest BCUT2D eigenvalue weighted by Crippen LogP contribution is -2.30. The van der Waals surface area contributed by atoms with Crippen LogP contribution in [0.3, 0.4) is 0 Å². The molecule has 0 spiro atoms. The molecule has 1 N–H and O–H groups in total. The summed E-state index contributed by atoms with van der Waals surface area (Å²) in [6.07, 6.45) is 2.66. The number of likely N-dealkylation sites (N-methyl/N-ethyl adjacent to an activating group) is 1. The van der Waals surface area contributed by atoms with E-state index >= 15 is 0 Å². The largest absolute Gasteiger partial charge is 0.465 e. The van der Waals surface area contributed by atoms with Crippen LogP contribution in [0.4, 0.5) is 0 Å². The van der Waals surface area contributed by atoms with Gasteiger partial charge in [-0.2, -0.15) is 0 Å². The average molecular weight is 266 g/mol. The number of ether oxygens (including phenoxy) is 1. The lowest BCUT2D eigenvalue weighted by molar-refractivity contribution is 0.0599. The molecule has 0 amide bonds. The van der Waals surface area contributed by atoms with Crippen LogP contribution in [0.5, 0.6) is 0 Å². The first kappa shape index (κ1) is 14.1. The maximum Gasteiger partial charge on any atom is 0.341 e. The standard InChI is InChI=1S/C14H22N2O3/c1-10-13(14(17)18-3)8-12(19-10)9-15-6-7-16(2)11-4-5-11/h8,11,15H,4-7,9H2,1-3H3. The van der Waals surface area contributed by atoms with Gasteiger partial charge in [-0.1, -0.05) is 0 Å². The summed E-state index contributed by atoms with van der Waals surface area (Å²) in [5.41, 5.74) is 0.509. The molecule has 1 saturated carbocycles. The van der Waals surface area contributed by atoms with Crippen LogP contribution in [-0.4, -0.2) is 44.2 Å². The van der Waals surface area contributed by atoms with Crippen LogP contribution in [0, 0.1) is 6.92 Å². The molecule has 1 heterocycles. The SMILES string of the molecule is COC(=O)c1cc(CNCCN(C)C2CC2)oc1C. The van der Waals surface area contributed by atoms with Crippen LogP contribution in [0.2, 0.25) is 0 Å². The summed E-state index contributed by atoms with van der Waals surface area (Å²) >= 11 is 0. The van der Waals surface area contributed by atoms with Gasteiger partial charge in [-0.3, -0.25) is 0 Å². The number of methoxy groups -OCH3 is 1. The summed E-state index contributed by atoms with van der Waals surface area (Å²) in [5, 5.41) is 3.33. The fourth-order valence-corrected chi connectivity index (χ4v) is 2.11. The van der Waals surface area contributed by atoms with Crippen LogP contribution in [0.15, 0.2) is 10.5 Å². The van der Waals surface area contributed by atoms with Crippen molar-refractivity contribution in [2.75, 3.05) is 27.2 Å². The van der Waals surface area contributed by atoms with Crippen LogP contribution in [0.1, 0.15) is 34.7 Å². The first-order chi connectivity index (χ1) is 9.11. The Bertz CT molecular complexity index is 438. The number of furan rings is 1. The summed E-state index contributed by atoms with van der Waals surface area (Å²) in [4.78, 5) is 13.8. The van der Waals surface area contributed by atoms with Crippen LogP contribution in [0.25, 0.3) is 0 Å². The molecule has 0 saturated heterocycles. The van der Waals surface area contributed by atoms with E-state index in [9.17, 15) is 4.79 Å². The van der Waals surface area contributed by atoms with E-state index in [4.69, 9.17) is 9.15 Å². The van der Waals surface area contributed by atoms with E-state index in [2.05, 4.69) is 17.3 Å². The smallest absolute Gasteiger partial charge is 0.341 e. The molecule has 0 radical (unpaired) electrons. The van der Waals surface area contributed by atoms with Crippen molar-refractivity contribution in [3.05, 3.63) is 23.2 Å². The summed E-state index contributed by atoms with van der Waals surface area (Å²) in [5.74, 6) is 1.03. The monoisotopic (exact) mass is 266 g/mol. The number of carbonyl (C=O) groups excluding carboxylic acids is 1. The van der Waals surface area contributed by atoms with Crippen LogP contribution >= 0.6 is 0 Å². The van der Waals surface area contributed by atoms with Gasteiger partial charge in [0.2, 0.25) is 0 Å². The molecule has 2 rings (SSSR count). The lowest BCUT2D eigenvalue weighted by atomic mass is 10.2. The van der Waals surface area contributed by atoms with Gasteiger partial charge in [0.1, 0.15) is 17.1 Å². The molecule has 1 aliphatic carbocycles. The van der Waals surface area contributed by atoms with Gasteiger partial charge in [-0.15, -0.1) is 0 Å². The second-order valence-corrected chi connectivity index (χ2v) is 5.06. The molecule has 1 aromatic heterocycles. The molecule has 1 fully saturated rings. The van der Waals surface area contributed by atoms with Crippen molar-refractivity contribution < 1.29 is 13.9 Å². The molecule has 5 heteroatoms.